The summed E-state index contributed by atoms with van der Waals surface area (Å²) in [5.74, 6) is 0.773. The number of H-pyrrole nitrogens is 1. The van der Waals surface area contributed by atoms with Gasteiger partial charge >= 0.3 is 7.12 Å². The second-order valence-electron chi connectivity index (χ2n) is 7.36. The van der Waals surface area contributed by atoms with E-state index < -0.39 is 7.12 Å². The molecule has 3 N–H and O–H groups in total. The second kappa shape index (κ2) is 59.1. The molecule has 4 nitrogen and oxygen atoms in total. The number of benzene rings is 2. The molecule has 0 amide bonds. The standard InChI is InChI=1S/C13H11BN2O2.S50/c17-14(18)10-7-5-9(6-8-10)13-15-11-3-1-2-4-12(11)16-13;1-3-5-7-9-11-13-15-17-19-21-23-25-27-29-31-33-35-37-39-41-43-45-47-49-50-48-46-44-42-40-38-36-34-32-30-28-26-24-22-20-18-16-14-12-10-8-6-4-2/h1-8,17-18H,(H,15,16);. The summed E-state index contributed by atoms with van der Waals surface area (Å²) in [4.78, 5) is 7.70. The Hall–Kier alpha value is 8.89. The summed E-state index contributed by atoms with van der Waals surface area (Å²) in [6.07, 6.45) is 0. The summed E-state index contributed by atoms with van der Waals surface area (Å²) < 4.78 is 0. The van der Waals surface area contributed by atoms with Gasteiger partial charge in [-0.2, -0.15) is 0 Å². The highest BCUT2D eigenvalue weighted by atomic mass is 33.5. The highest BCUT2D eigenvalue weighted by molar-refractivity contribution is 8.82. The third kappa shape index (κ3) is 47.4. The minimum atomic E-state index is -1.44. The first-order chi connectivity index (χ1) is 33.7. The molecule has 55 heteroatoms. The molecule has 2 aromatic carbocycles. The monoisotopic (exact) mass is 1840 g/mol. The molecule has 0 spiro atoms. The summed E-state index contributed by atoms with van der Waals surface area (Å²) in [6.45, 7) is 0. The number of rotatable bonds is 2. The Morgan fingerprint density at radius 1 is 0.324 bits per heavy atom. The van der Waals surface area contributed by atoms with E-state index >= 15 is 0 Å². The van der Waals surface area contributed by atoms with E-state index in [-0.39, 0.29) is 0 Å². The molecule has 0 bridgehead atoms. The van der Waals surface area contributed by atoms with Crippen molar-refractivity contribution in [1.82, 2.24) is 9.97 Å². The maximum atomic E-state index is 9.03. The molecule has 3 aromatic rings. The number of imidazole rings is 1. The lowest BCUT2D eigenvalue weighted by Crippen LogP contribution is -2.29. The Kier molecular flexibility index (Phi) is 63.4. The van der Waals surface area contributed by atoms with Gasteiger partial charge in [0, 0.05) is 454 Å². The van der Waals surface area contributed by atoms with E-state index in [2.05, 4.69) is 9.97 Å². The number of nitrogens with zero attached hydrogens (tertiary/aromatic N) is 1. The van der Waals surface area contributed by atoms with Crippen molar-refractivity contribution in [2.24, 2.45) is 0 Å². The summed E-state index contributed by atoms with van der Waals surface area (Å²) >= 11 is 9.62. The van der Waals surface area contributed by atoms with Crippen LogP contribution in [0.1, 0.15) is 0 Å². The molecule has 0 aliphatic rings. The van der Waals surface area contributed by atoms with Crippen molar-refractivity contribution in [1.29, 1.82) is 0 Å². The van der Waals surface area contributed by atoms with Crippen molar-refractivity contribution in [2.45, 2.75) is 0 Å². The van der Waals surface area contributed by atoms with E-state index in [4.69, 9.17) is 32.4 Å². The van der Waals surface area contributed by atoms with Crippen LogP contribution in [-0.2, 0) is 449 Å². The molecule has 0 radical (unpaired) electrons. The zero-order valence-corrected chi connectivity index (χ0v) is 70.8. The van der Waals surface area contributed by atoms with Crippen LogP contribution in [0.5, 0.6) is 0 Å². The fourth-order valence-electron chi connectivity index (χ4n) is 2.42. The first-order valence-electron chi connectivity index (χ1n) is 13.8. The lowest BCUT2D eigenvalue weighted by atomic mass is 9.80. The molecule has 0 saturated carbocycles. The van der Waals surface area contributed by atoms with E-state index in [1.807, 2.05) is 338 Å². The predicted octanol–water partition coefficient (Wildman–Crippen LogP) is 0.790. The molecule has 0 saturated heterocycles. The van der Waals surface area contributed by atoms with Crippen molar-refractivity contribution >= 4 is 472 Å². The summed E-state index contributed by atoms with van der Waals surface area (Å²) in [5, 5.41) is 18.1. The van der Waals surface area contributed by atoms with Crippen LogP contribution in [0, 0.1) is 0 Å². The highest BCUT2D eigenvalue weighted by Crippen LogP contribution is 2.19. The van der Waals surface area contributed by atoms with Crippen LogP contribution in [-0.4, -0.2) is 27.1 Å². The fraction of sp³-hybridized carbons (Fsp3) is 0. The van der Waals surface area contributed by atoms with Gasteiger partial charge in [0.25, 0.3) is 0 Å². The van der Waals surface area contributed by atoms with Crippen LogP contribution in [0.4, 0.5) is 0 Å². The molecule has 0 aliphatic carbocycles. The number of aromatic amines is 1. The zero-order valence-electron chi connectivity index (χ0n) is 30.0. The van der Waals surface area contributed by atoms with Crippen LogP contribution in [0.25, 0.3) is 22.4 Å². The van der Waals surface area contributed by atoms with E-state index in [0.717, 1.165) is 22.4 Å². The number of hydrogen-bond acceptors (Lipinski definition) is 5. The van der Waals surface area contributed by atoms with Crippen molar-refractivity contribution in [2.75, 3.05) is 0 Å². The summed E-state index contributed by atoms with van der Waals surface area (Å²) in [5.41, 5.74) is 3.28. The Morgan fingerprint density at radius 2 is 0.559 bits per heavy atom. The van der Waals surface area contributed by atoms with Gasteiger partial charge in [0.05, 0.1) is 11.0 Å². The summed E-state index contributed by atoms with van der Waals surface area (Å²) in [7, 11) is 84.3. The van der Waals surface area contributed by atoms with Gasteiger partial charge in [-0.3, -0.25) is 0 Å². The SMILES string of the molecule is OB(O)c1ccc(-c2nc3ccccc3[nH]2)cc1.S=S=S=S=S=S=S=S=S=S=S=S=S=S=S=S=S=S=S=S=S=S=S=S=S=S=S=S=S=S=S=S=S=S=S=S=S=S=S=S=S=S=S=S=S=S=S=S=S=S. The Morgan fingerprint density at radius 3 is 0.779 bits per heavy atom. The molecule has 3 rings (SSSR count). The lowest BCUT2D eigenvalue weighted by Gasteiger charge is -2.00. The van der Waals surface area contributed by atoms with E-state index in [0.29, 0.717) is 5.46 Å². The molecule has 388 valence electrons. The van der Waals surface area contributed by atoms with Crippen LogP contribution < -0.4 is 5.46 Å². The van der Waals surface area contributed by atoms with Gasteiger partial charge < -0.3 is 15.0 Å². The first kappa shape index (κ1) is 73.0. The predicted molar refractivity (Wildman–Crippen MR) is 440 cm³/mol. The van der Waals surface area contributed by atoms with Gasteiger partial charge in [0.1, 0.15) is 5.82 Å². The molecular weight excluding hydrogens is 1830 g/mol. The summed E-state index contributed by atoms with van der Waals surface area (Å²) in [6, 6.07) is 14.8. The third-order valence-electron chi connectivity index (χ3n) is 4.18. The fourth-order valence-corrected chi connectivity index (χ4v) is 129. The topological polar surface area (TPSA) is 69.1 Å². The Bertz CT molecular complexity index is 4330. The number of nitrogens with one attached hydrogen (secondary N) is 1. The number of aromatic nitrogens is 2. The molecule has 0 atom stereocenters. The van der Waals surface area contributed by atoms with Crippen molar-refractivity contribution in [3.8, 4) is 11.4 Å². The minimum absolute atomic E-state index is 0.467. The third-order valence-corrected chi connectivity index (χ3v) is 109. The number of fused-ring (bicyclic) bond motifs is 1. The Labute approximate surface area is 538 Å². The molecular formula is C13H11BN2O2S50. The maximum Gasteiger partial charge on any atom is 0.488 e. The largest absolute Gasteiger partial charge is 0.488 e. The molecule has 68 heavy (non-hydrogen) atoms. The van der Waals surface area contributed by atoms with Gasteiger partial charge in [-0.1, -0.05) is 36.4 Å². The number of para-hydroxylation sites is 2. The lowest BCUT2D eigenvalue weighted by molar-refractivity contribution is 0.426. The van der Waals surface area contributed by atoms with E-state index in [1.54, 1.807) is 119 Å². The average molecular weight is 1840 g/mol. The molecule has 1 aromatic heterocycles. The minimum Gasteiger partial charge on any atom is -0.423 e. The van der Waals surface area contributed by atoms with Crippen molar-refractivity contribution in [3.05, 3.63) is 48.5 Å². The van der Waals surface area contributed by atoms with Gasteiger partial charge in [0.15, 0.2) is 0 Å². The molecule has 1 heterocycles. The van der Waals surface area contributed by atoms with E-state index in [9.17, 15) is 0 Å². The average Bonchev–Trinajstić information content (AvgIpc) is 3.80. The molecule has 0 aliphatic heterocycles. The molecule has 0 unspecified atom stereocenters. The zero-order chi connectivity index (χ0) is 48.5. The smallest absolute Gasteiger partial charge is 0.423 e. The van der Waals surface area contributed by atoms with Gasteiger partial charge in [0.2, 0.25) is 0 Å². The maximum absolute atomic E-state index is 9.03. The van der Waals surface area contributed by atoms with Gasteiger partial charge in [-0.05, 0) is 17.6 Å². The molecule has 0 fully saturated rings. The van der Waals surface area contributed by atoms with E-state index in [1.165, 1.54) is 17.8 Å². The Balaban J connectivity index is 0.000000718. The first-order valence-corrected chi connectivity index (χ1v) is 79.2. The van der Waals surface area contributed by atoms with Gasteiger partial charge in [-0.25, -0.2) is 4.98 Å². The van der Waals surface area contributed by atoms with Crippen LogP contribution in [0.3, 0.4) is 0 Å². The van der Waals surface area contributed by atoms with Crippen LogP contribution in [0.15, 0.2) is 48.5 Å². The van der Waals surface area contributed by atoms with Crippen LogP contribution >= 0.6 is 0 Å². The van der Waals surface area contributed by atoms with Crippen molar-refractivity contribution < 1.29 is 10.0 Å². The van der Waals surface area contributed by atoms with Gasteiger partial charge in [-0.15, -0.1) is 0 Å². The normalized spacial score (nSPS) is 8.56. The quantitative estimate of drug-likeness (QED) is 0.332. The number of hydrogen-bond donors (Lipinski definition) is 3. The van der Waals surface area contributed by atoms with Crippen LogP contribution in [0.2, 0.25) is 0 Å². The van der Waals surface area contributed by atoms with Crippen molar-refractivity contribution in [3.63, 3.8) is 0 Å². The second-order valence-corrected chi connectivity index (χ2v) is 92.3. The highest BCUT2D eigenvalue weighted by Gasteiger charge is 2.11.